The predicted molar refractivity (Wildman–Crippen MR) is 112 cm³/mol. The van der Waals surface area contributed by atoms with Gasteiger partial charge in [-0.3, -0.25) is 4.79 Å². The number of aromatic nitrogens is 2. The number of H-pyrrole nitrogens is 1. The van der Waals surface area contributed by atoms with Gasteiger partial charge in [0.2, 0.25) is 0 Å². The van der Waals surface area contributed by atoms with E-state index in [1.54, 1.807) is 11.1 Å². The molecule has 1 aromatic heterocycles. The Bertz CT molecular complexity index is 1000. The van der Waals surface area contributed by atoms with Crippen molar-refractivity contribution in [3.63, 3.8) is 0 Å². The topological polar surface area (TPSA) is 87.3 Å². The average Bonchev–Trinajstić information content (AvgIpc) is 3.47. The number of carbonyl (C=O) groups is 2. The monoisotopic (exact) mass is 404 g/mol. The van der Waals surface area contributed by atoms with Crippen LogP contribution in [0.5, 0.6) is 0 Å². The van der Waals surface area contributed by atoms with E-state index < -0.39 is 12.1 Å². The summed E-state index contributed by atoms with van der Waals surface area (Å²) < 4.78 is 4.74. The molecule has 0 radical (unpaired) electrons. The summed E-state index contributed by atoms with van der Waals surface area (Å²) in [6.07, 6.45) is 2.84. The van der Waals surface area contributed by atoms with Crippen LogP contribution < -0.4 is 5.32 Å². The fourth-order valence-corrected chi connectivity index (χ4v) is 3.86. The number of hydrogen-bond acceptors (Lipinski definition) is 4. The summed E-state index contributed by atoms with van der Waals surface area (Å²) in [7, 11) is 1.29. The van der Waals surface area contributed by atoms with Crippen LogP contribution in [0.4, 0.5) is 4.79 Å². The molecule has 3 aromatic rings. The van der Waals surface area contributed by atoms with Gasteiger partial charge in [0.25, 0.3) is 5.91 Å². The van der Waals surface area contributed by atoms with Crippen molar-refractivity contribution in [2.24, 2.45) is 0 Å². The molecule has 0 unspecified atom stereocenters. The molecule has 1 saturated heterocycles. The Kier molecular flexibility index (Phi) is 5.79. The lowest BCUT2D eigenvalue weighted by Gasteiger charge is -2.28. The van der Waals surface area contributed by atoms with Gasteiger partial charge in [-0.2, -0.15) is 0 Å². The second-order valence-corrected chi connectivity index (χ2v) is 7.22. The van der Waals surface area contributed by atoms with E-state index in [-0.39, 0.29) is 11.9 Å². The number of nitrogens with zero attached hydrogens (tertiary/aromatic N) is 2. The molecule has 2 amide bonds. The highest BCUT2D eigenvalue weighted by Gasteiger charge is 2.37. The minimum absolute atomic E-state index is 0.166. The van der Waals surface area contributed by atoms with Crippen LogP contribution in [-0.4, -0.2) is 40.5 Å². The summed E-state index contributed by atoms with van der Waals surface area (Å²) in [5.74, 6) is 0.580. The number of likely N-dealkylation sites (tertiary alicyclic amines) is 1. The highest BCUT2D eigenvalue weighted by atomic mass is 16.5. The maximum absolute atomic E-state index is 13.5. The van der Waals surface area contributed by atoms with Crippen LogP contribution in [0.1, 0.15) is 36.3 Å². The van der Waals surface area contributed by atoms with Crippen molar-refractivity contribution in [3.05, 3.63) is 78.2 Å². The molecule has 2 aromatic carbocycles. The Morgan fingerprint density at radius 2 is 1.83 bits per heavy atom. The van der Waals surface area contributed by atoms with E-state index in [2.05, 4.69) is 15.3 Å². The maximum atomic E-state index is 13.5. The number of carbonyl (C=O) groups excluding carboxylic acids is 2. The SMILES string of the molecule is COC(=O)N[C@@H](C(=O)N1CCC[C@H]1c1ncc(-c2ccccc2)[nH]1)c1ccccc1. The van der Waals surface area contributed by atoms with Crippen molar-refractivity contribution in [2.45, 2.75) is 24.9 Å². The van der Waals surface area contributed by atoms with E-state index >= 15 is 0 Å². The molecular formula is C23H24N4O3. The number of alkyl carbamates (subject to hydrolysis) is 1. The van der Waals surface area contributed by atoms with Crippen molar-refractivity contribution >= 4 is 12.0 Å². The molecule has 30 heavy (non-hydrogen) atoms. The van der Waals surface area contributed by atoms with Gasteiger partial charge < -0.3 is 19.9 Å². The van der Waals surface area contributed by atoms with Crippen LogP contribution in [0, 0.1) is 0 Å². The third-order valence-corrected chi connectivity index (χ3v) is 5.36. The Balaban J connectivity index is 1.59. The lowest BCUT2D eigenvalue weighted by atomic mass is 10.1. The second kappa shape index (κ2) is 8.82. The first-order valence-corrected chi connectivity index (χ1v) is 9.97. The third-order valence-electron chi connectivity index (χ3n) is 5.36. The smallest absolute Gasteiger partial charge is 0.407 e. The van der Waals surface area contributed by atoms with E-state index in [1.165, 1.54) is 7.11 Å². The van der Waals surface area contributed by atoms with Gasteiger partial charge in [-0.15, -0.1) is 0 Å². The Morgan fingerprint density at radius 3 is 2.53 bits per heavy atom. The first kappa shape index (κ1) is 19.7. The number of imidazole rings is 1. The normalized spacial score (nSPS) is 16.8. The predicted octanol–water partition coefficient (Wildman–Crippen LogP) is 3.84. The third kappa shape index (κ3) is 4.05. The number of hydrogen-bond donors (Lipinski definition) is 2. The van der Waals surface area contributed by atoms with Gasteiger partial charge >= 0.3 is 6.09 Å². The zero-order chi connectivity index (χ0) is 20.9. The van der Waals surface area contributed by atoms with Crippen molar-refractivity contribution in [1.29, 1.82) is 0 Å². The molecule has 0 spiro atoms. The number of ether oxygens (including phenoxy) is 1. The van der Waals surface area contributed by atoms with Crippen molar-refractivity contribution in [2.75, 3.05) is 13.7 Å². The van der Waals surface area contributed by atoms with Gasteiger partial charge in [-0.1, -0.05) is 60.7 Å². The standard InChI is InChI=1S/C23H24N4O3/c1-30-23(29)26-20(17-11-6-3-7-12-17)22(28)27-14-8-13-19(27)21-24-15-18(25-21)16-9-4-2-5-10-16/h2-7,9-12,15,19-20H,8,13-14H2,1H3,(H,24,25)(H,26,29)/t19-,20+/m0/s1. The molecule has 0 saturated carbocycles. The Hall–Kier alpha value is -3.61. The molecule has 2 N–H and O–H groups in total. The summed E-state index contributed by atoms with van der Waals surface area (Å²) in [6.45, 7) is 0.608. The summed E-state index contributed by atoms with van der Waals surface area (Å²) in [6, 6.07) is 18.2. The first-order chi connectivity index (χ1) is 14.7. The lowest BCUT2D eigenvalue weighted by Crippen LogP contribution is -2.42. The average molecular weight is 404 g/mol. The van der Waals surface area contributed by atoms with Gasteiger partial charge in [0.05, 0.1) is 25.0 Å². The molecule has 0 bridgehead atoms. The number of benzene rings is 2. The summed E-state index contributed by atoms with van der Waals surface area (Å²) >= 11 is 0. The number of aromatic amines is 1. The molecule has 7 heteroatoms. The molecule has 1 fully saturated rings. The second-order valence-electron chi connectivity index (χ2n) is 7.22. The molecule has 2 heterocycles. The fourth-order valence-electron chi connectivity index (χ4n) is 3.86. The minimum Gasteiger partial charge on any atom is -0.453 e. The number of amides is 2. The molecular weight excluding hydrogens is 380 g/mol. The van der Waals surface area contributed by atoms with Crippen LogP contribution >= 0.6 is 0 Å². The van der Waals surface area contributed by atoms with Crippen LogP contribution in [-0.2, 0) is 9.53 Å². The minimum atomic E-state index is -0.817. The Labute approximate surface area is 175 Å². The van der Waals surface area contributed by atoms with Gasteiger partial charge in [-0.05, 0) is 24.0 Å². The van der Waals surface area contributed by atoms with Crippen LogP contribution in [0.15, 0.2) is 66.9 Å². The molecule has 1 aliphatic heterocycles. The van der Waals surface area contributed by atoms with Crippen molar-refractivity contribution in [1.82, 2.24) is 20.2 Å². The lowest BCUT2D eigenvalue weighted by molar-refractivity contribution is -0.134. The van der Waals surface area contributed by atoms with E-state index in [0.29, 0.717) is 12.1 Å². The van der Waals surface area contributed by atoms with E-state index in [1.807, 2.05) is 60.7 Å². The summed E-state index contributed by atoms with van der Waals surface area (Å²) in [5, 5.41) is 2.68. The van der Waals surface area contributed by atoms with Crippen LogP contribution in [0.3, 0.4) is 0 Å². The van der Waals surface area contributed by atoms with E-state index in [9.17, 15) is 9.59 Å². The molecule has 2 atom stereocenters. The van der Waals surface area contributed by atoms with Crippen molar-refractivity contribution in [3.8, 4) is 11.3 Å². The highest BCUT2D eigenvalue weighted by Crippen LogP contribution is 2.33. The molecule has 154 valence electrons. The fraction of sp³-hybridized carbons (Fsp3) is 0.261. The maximum Gasteiger partial charge on any atom is 0.407 e. The highest BCUT2D eigenvalue weighted by molar-refractivity contribution is 5.87. The van der Waals surface area contributed by atoms with Crippen molar-refractivity contribution < 1.29 is 14.3 Å². The summed E-state index contributed by atoms with van der Waals surface area (Å²) in [4.78, 5) is 35.1. The van der Waals surface area contributed by atoms with Crippen LogP contribution in [0.2, 0.25) is 0 Å². The quantitative estimate of drug-likeness (QED) is 0.676. The summed E-state index contributed by atoms with van der Waals surface area (Å²) in [5.41, 5.74) is 2.67. The first-order valence-electron chi connectivity index (χ1n) is 9.97. The van der Waals surface area contributed by atoms with Gasteiger partial charge in [0.1, 0.15) is 11.9 Å². The molecule has 7 nitrogen and oxygen atoms in total. The van der Waals surface area contributed by atoms with E-state index in [0.717, 1.165) is 29.9 Å². The Morgan fingerprint density at radius 1 is 1.13 bits per heavy atom. The zero-order valence-electron chi connectivity index (χ0n) is 16.7. The van der Waals surface area contributed by atoms with Gasteiger partial charge in [-0.25, -0.2) is 9.78 Å². The number of methoxy groups -OCH3 is 1. The van der Waals surface area contributed by atoms with Gasteiger partial charge in [0.15, 0.2) is 0 Å². The molecule has 4 rings (SSSR count). The van der Waals surface area contributed by atoms with E-state index in [4.69, 9.17) is 4.74 Å². The number of rotatable bonds is 5. The number of nitrogens with one attached hydrogen (secondary N) is 2. The zero-order valence-corrected chi connectivity index (χ0v) is 16.7. The van der Waals surface area contributed by atoms with Gasteiger partial charge in [0, 0.05) is 6.54 Å². The molecule has 1 aliphatic rings. The molecule has 0 aliphatic carbocycles. The largest absolute Gasteiger partial charge is 0.453 e. The van der Waals surface area contributed by atoms with Crippen LogP contribution in [0.25, 0.3) is 11.3 Å².